The third-order valence-corrected chi connectivity index (χ3v) is 12.2. The lowest BCUT2D eigenvalue weighted by molar-refractivity contribution is 0.660. The number of hydrogen-bond acceptors (Lipinski definition) is 2. The molecule has 0 spiro atoms. The minimum atomic E-state index is -0.109. The Bertz CT molecular complexity index is 3190. The number of para-hydroxylation sites is 2. The summed E-state index contributed by atoms with van der Waals surface area (Å²) in [5.41, 5.74) is 18.9. The second kappa shape index (κ2) is 12.1. The average Bonchev–Trinajstić information content (AvgIpc) is 3.84. The lowest BCUT2D eigenvalue weighted by atomic mass is 9.82. The van der Waals surface area contributed by atoms with Crippen LogP contribution < -0.4 is 4.90 Å². The quantitative estimate of drug-likeness (QED) is 0.177. The molecule has 0 fully saturated rings. The monoisotopic (exact) mass is 720 g/mol. The van der Waals surface area contributed by atoms with Crippen LogP contribution in [0.3, 0.4) is 0 Å². The van der Waals surface area contributed by atoms with Gasteiger partial charge < -0.3 is 13.9 Å². The van der Waals surface area contributed by atoms with Gasteiger partial charge in [0.15, 0.2) is 0 Å². The van der Waals surface area contributed by atoms with Crippen LogP contribution in [0.25, 0.3) is 71.7 Å². The van der Waals surface area contributed by atoms with Gasteiger partial charge in [-0.25, -0.2) is 0 Å². The SMILES string of the molecule is Cc1ccc(C)c(-n2c3ccccc3c3cc(-c4ccc(N(c5ccc6c(c5)C(C)(C)c5ccccc5-6)c5ccc6oc7ccccc7c6c5)cc4)ccc32)c1. The molecule has 268 valence electrons. The Balaban J connectivity index is 1.05. The summed E-state index contributed by atoms with van der Waals surface area (Å²) in [5, 5.41) is 4.76. The molecule has 0 radical (unpaired) electrons. The van der Waals surface area contributed by atoms with Gasteiger partial charge in [-0.15, -0.1) is 0 Å². The van der Waals surface area contributed by atoms with Crippen molar-refractivity contribution in [3.8, 4) is 27.9 Å². The van der Waals surface area contributed by atoms with Crippen molar-refractivity contribution in [1.29, 1.82) is 0 Å². The number of nitrogens with zero attached hydrogens (tertiary/aromatic N) is 2. The van der Waals surface area contributed by atoms with E-state index in [9.17, 15) is 0 Å². The van der Waals surface area contributed by atoms with Crippen molar-refractivity contribution in [3.05, 3.63) is 192 Å². The molecule has 8 aromatic carbocycles. The van der Waals surface area contributed by atoms with Gasteiger partial charge in [-0.2, -0.15) is 0 Å². The number of aromatic nitrogens is 1. The molecule has 0 unspecified atom stereocenters. The second-order valence-corrected chi connectivity index (χ2v) is 15.9. The molecule has 0 bridgehead atoms. The topological polar surface area (TPSA) is 21.3 Å². The Kier molecular flexibility index (Phi) is 7.03. The Hall–Kier alpha value is -6.84. The van der Waals surface area contributed by atoms with E-state index in [4.69, 9.17) is 4.42 Å². The van der Waals surface area contributed by atoms with E-state index in [-0.39, 0.29) is 5.41 Å². The average molecular weight is 721 g/mol. The first-order valence-electron chi connectivity index (χ1n) is 19.5. The summed E-state index contributed by atoms with van der Waals surface area (Å²) in [6, 6.07) is 62.2. The highest BCUT2D eigenvalue weighted by atomic mass is 16.3. The molecule has 0 aliphatic heterocycles. The lowest BCUT2D eigenvalue weighted by Gasteiger charge is -2.28. The summed E-state index contributed by atoms with van der Waals surface area (Å²) in [4.78, 5) is 2.39. The molecule has 0 amide bonds. The van der Waals surface area contributed by atoms with Crippen molar-refractivity contribution in [3.63, 3.8) is 0 Å². The van der Waals surface area contributed by atoms with Crippen LogP contribution in [0, 0.1) is 13.8 Å². The third kappa shape index (κ3) is 4.84. The number of fused-ring (bicyclic) bond motifs is 9. The Labute approximate surface area is 326 Å². The van der Waals surface area contributed by atoms with Crippen LogP contribution in [0.1, 0.15) is 36.1 Å². The maximum Gasteiger partial charge on any atom is 0.135 e. The van der Waals surface area contributed by atoms with E-state index in [0.29, 0.717) is 0 Å². The Morgan fingerprint density at radius 1 is 0.464 bits per heavy atom. The molecule has 0 saturated heterocycles. The zero-order chi connectivity index (χ0) is 37.7. The van der Waals surface area contributed by atoms with Gasteiger partial charge in [0, 0.05) is 49.7 Å². The number of furan rings is 1. The zero-order valence-corrected chi connectivity index (χ0v) is 32.0. The largest absolute Gasteiger partial charge is 0.456 e. The van der Waals surface area contributed by atoms with Gasteiger partial charge in [-0.1, -0.05) is 111 Å². The number of aryl methyl sites for hydroxylation is 2. The summed E-state index contributed by atoms with van der Waals surface area (Å²) in [6.45, 7) is 9.06. The van der Waals surface area contributed by atoms with E-state index in [1.165, 1.54) is 72.0 Å². The van der Waals surface area contributed by atoms with Crippen LogP contribution in [-0.4, -0.2) is 4.57 Å². The first kappa shape index (κ1) is 32.6. The van der Waals surface area contributed by atoms with Gasteiger partial charge in [-0.05, 0) is 131 Å². The van der Waals surface area contributed by atoms with Crippen molar-refractivity contribution in [1.82, 2.24) is 4.57 Å². The molecule has 11 rings (SSSR count). The summed E-state index contributed by atoms with van der Waals surface area (Å²) in [7, 11) is 0. The molecule has 1 aliphatic carbocycles. The summed E-state index contributed by atoms with van der Waals surface area (Å²) < 4.78 is 8.69. The van der Waals surface area contributed by atoms with Gasteiger partial charge in [0.2, 0.25) is 0 Å². The fraction of sp³-hybridized carbons (Fsp3) is 0.0943. The van der Waals surface area contributed by atoms with Crippen molar-refractivity contribution in [2.24, 2.45) is 0 Å². The lowest BCUT2D eigenvalue weighted by Crippen LogP contribution is -2.16. The van der Waals surface area contributed by atoms with E-state index < -0.39 is 0 Å². The van der Waals surface area contributed by atoms with Gasteiger partial charge in [0.25, 0.3) is 0 Å². The van der Waals surface area contributed by atoms with Crippen LogP contribution in [0.2, 0.25) is 0 Å². The molecule has 2 aromatic heterocycles. The van der Waals surface area contributed by atoms with E-state index >= 15 is 0 Å². The van der Waals surface area contributed by atoms with E-state index in [1.807, 2.05) is 12.1 Å². The summed E-state index contributed by atoms with van der Waals surface area (Å²) in [5.74, 6) is 0. The van der Waals surface area contributed by atoms with E-state index in [0.717, 1.165) is 39.0 Å². The van der Waals surface area contributed by atoms with Crippen molar-refractivity contribution in [2.75, 3.05) is 4.90 Å². The van der Waals surface area contributed by atoms with E-state index in [2.05, 4.69) is 195 Å². The minimum absolute atomic E-state index is 0.109. The fourth-order valence-electron chi connectivity index (χ4n) is 9.31. The normalized spacial score (nSPS) is 13.1. The molecule has 0 atom stereocenters. The van der Waals surface area contributed by atoms with Gasteiger partial charge in [0.05, 0.1) is 11.0 Å². The van der Waals surface area contributed by atoms with Crippen molar-refractivity contribution in [2.45, 2.75) is 33.1 Å². The van der Waals surface area contributed by atoms with Gasteiger partial charge in [0.1, 0.15) is 11.2 Å². The van der Waals surface area contributed by atoms with Crippen LogP contribution in [0.4, 0.5) is 17.1 Å². The number of hydrogen-bond donors (Lipinski definition) is 0. The number of rotatable bonds is 5. The highest BCUT2D eigenvalue weighted by Gasteiger charge is 2.35. The van der Waals surface area contributed by atoms with E-state index in [1.54, 1.807) is 0 Å². The van der Waals surface area contributed by atoms with Crippen molar-refractivity contribution < 1.29 is 4.42 Å². The fourth-order valence-corrected chi connectivity index (χ4v) is 9.31. The molecule has 10 aromatic rings. The Morgan fingerprint density at radius 2 is 1.12 bits per heavy atom. The predicted octanol–water partition coefficient (Wildman–Crippen LogP) is 14.7. The van der Waals surface area contributed by atoms with Crippen LogP contribution >= 0.6 is 0 Å². The molecule has 0 saturated carbocycles. The molecule has 0 N–H and O–H groups in total. The highest BCUT2D eigenvalue weighted by molar-refractivity contribution is 6.11. The molecule has 2 heterocycles. The third-order valence-electron chi connectivity index (χ3n) is 12.2. The van der Waals surface area contributed by atoms with Crippen LogP contribution in [0.15, 0.2) is 174 Å². The van der Waals surface area contributed by atoms with Gasteiger partial charge >= 0.3 is 0 Å². The van der Waals surface area contributed by atoms with Crippen molar-refractivity contribution >= 4 is 60.8 Å². The molecule has 3 nitrogen and oxygen atoms in total. The Morgan fingerprint density at radius 3 is 2.00 bits per heavy atom. The zero-order valence-electron chi connectivity index (χ0n) is 32.0. The smallest absolute Gasteiger partial charge is 0.135 e. The number of anilines is 3. The van der Waals surface area contributed by atoms with Crippen LogP contribution in [-0.2, 0) is 5.41 Å². The minimum Gasteiger partial charge on any atom is -0.456 e. The molecular weight excluding hydrogens is 681 g/mol. The molecule has 3 heteroatoms. The summed E-state index contributed by atoms with van der Waals surface area (Å²) >= 11 is 0. The maximum atomic E-state index is 6.26. The molecular formula is C53H40N2O. The van der Waals surface area contributed by atoms with Gasteiger partial charge in [-0.3, -0.25) is 0 Å². The first-order chi connectivity index (χ1) is 27.3. The summed E-state index contributed by atoms with van der Waals surface area (Å²) in [6.07, 6.45) is 0. The maximum absolute atomic E-state index is 6.26. The first-order valence-corrected chi connectivity index (χ1v) is 19.5. The number of benzene rings is 8. The highest BCUT2D eigenvalue weighted by Crippen LogP contribution is 2.51. The molecule has 56 heavy (non-hydrogen) atoms. The predicted molar refractivity (Wildman–Crippen MR) is 235 cm³/mol. The standard InChI is InChI=1S/C53H40N2O/c1-33-17-18-34(2)50(29-33)55-48-15-9-6-12-42(48)44-30-36(21-27-49(44)55)35-19-22-37(23-20-35)54(38-25-28-52-45(31-38)43-13-7-10-16-51(43)56-52)39-24-26-41-40-11-5-8-14-46(40)53(3,4)47(41)32-39/h5-32H,1-4H3. The molecule has 1 aliphatic rings. The van der Waals surface area contributed by atoms with Crippen LogP contribution in [0.5, 0.6) is 0 Å². The second-order valence-electron chi connectivity index (χ2n) is 15.9.